The molecule has 0 bridgehead atoms. The first-order valence-electron chi connectivity index (χ1n) is 15.2. The Morgan fingerprint density at radius 2 is 1.50 bits per heavy atom. The van der Waals surface area contributed by atoms with Crippen LogP contribution >= 0.6 is 0 Å². The van der Waals surface area contributed by atoms with Gasteiger partial charge in [-0.25, -0.2) is 0 Å². The lowest BCUT2D eigenvalue weighted by atomic mass is 9.88. The average Bonchev–Trinajstić information content (AvgIpc) is 3.06. The summed E-state index contributed by atoms with van der Waals surface area (Å²) in [4.78, 5) is 18.7. The molecule has 46 heavy (non-hydrogen) atoms. The Balaban J connectivity index is 1.20. The highest BCUT2D eigenvalue weighted by atomic mass is 16.6. The Bertz CT molecular complexity index is 1600. The van der Waals surface area contributed by atoms with E-state index >= 15 is 0 Å². The molecule has 0 spiro atoms. The molecule has 0 aliphatic rings. The summed E-state index contributed by atoms with van der Waals surface area (Å²) in [7, 11) is 2.01. The van der Waals surface area contributed by atoms with E-state index in [4.69, 9.17) is 20.0 Å². The molecule has 0 aromatic heterocycles. The zero-order valence-electron chi connectivity index (χ0n) is 26.3. The van der Waals surface area contributed by atoms with E-state index < -0.39 is 5.91 Å². The number of allylic oxidation sites excluding steroid dienone is 1. The number of phenols is 2. The number of benzene rings is 4. The van der Waals surface area contributed by atoms with Crippen LogP contribution in [-0.4, -0.2) is 73.8 Å². The van der Waals surface area contributed by atoms with Gasteiger partial charge in [-0.1, -0.05) is 66.7 Å². The van der Waals surface area contributed by atoms with Crippen molar-refractivity contribution in [2.45, 2.75) is 13.3 Å². The second-order valence-corrected chi connectivity index (χ2v) is 10.6. The maximum absolute atomic E-state index is 11.3. The predicted molar refractivity (Wildman–Crippen MR) is 181 cm³/mol. The quantitative estimate of drug-likeness (QED) is 0.0575. The van der Waals surface area contributed by atoms with Gasteiger partial charge in [-0.15, -0.1) is 0 Å². The molecule has 4 rings (SSSR count). The number of carbonyl (C=O) groups is 1. The number of ether oxygens (including phenoxy) is 2. The summed E-state index contributed by atoms with van der Waals surface area (Å²) in [5.41, 5.74) is 11.5. The predicted octanol–water partition coefficient (Wildman–Crippen LogP) is 5.94. The first-order valence-corrected chi connectivity index (χ1v) is 15.2. The molecule has 0 heterocycles. The van der Waals surface area contributed by atoms with Crippen molar-refractivity contribution in [1.29, 1.82) is 0 Å². The molecule has 0 aliphatic carbocycles. The van der Waals surface area contributed by atoms with Crippen LogP contribution in [0.25, 0.3) is 11.1 Å². The lowest BCUT2D eigenvalue weighted by molar-refractivity contribution is 0.0430. The lowest BCUT2D eigenvalue weighted by Crippen LogP contribution is -2.28. The summed E-state index contributed by atoms with van der Waals surface area (Å²) >= 11 is 0. The van der Waals surface area contributed by atoms with Crippen LogP contribution in [0.2, 0.25) is 0 Å². The number of likely N-dealkylation sites (N-methyl/N-ethyl adjacent to an activating group) is 1. The number of hydrogen-bond acceptors (Lipinski definition) is 8. The lowest BCUT2D eigenvalue weighted by Gasteiger charge is -2.18. The van der Waals surface area contributed by atoms with Crippen molar-refractivity contribution < 1.29 is 29.3 Å². The number of nitrogens with two attached hydrogens (primary N) is 1. The second kappa shape index (κ2) is 17.4. The molecule has 0 fully saturated rings. The number of carbonyl (C=O) groups excluding carboxylic acids is 1. The van der Waals surface area contributed by atoms with Crippen LogP contribution in [0.5, 0.6) is 17.2 Å². The van der Waals surface area contributed by atoms with Gasteiger partial charge in [0, 0.05) is 13.1 Å². The molecule has 1 amide bonds. The minimum absolute atomic E-state index is 0.0257. The number of oxime groups is 1. The number of nitrogens with zero attached hydrogens (tertiary/aromatic N) is 2. The summed E-state index contributed by atoms with van der Waals surface area (Å²) in [5.74, 6) is 0.147. The summed E-state index contributed by atoms with van der Waals surface area (Å²) in [6.45, 7) is 5.34. The molecule has 9 nitrogen and oxygen atoms in total. The number of primary amides is 1. The van der Waals surface area contributed by atoms with Gasteiger partial charge in [0.2, 0.25) is 0 Å². The van der Waals surface area contributed by atoms with Gasteiger partial charge < -0.3 is 35.2 Å². The fourth-order valence-corrected chi connectivity index (χ4v) is 4.86. The molecule has 240 valence electrons. The summed E-state index contributed by atoms with van der Waals surface area (Å²) in [6, 6.07) is 30.3. The number of rotatable bonds is 17. The number of phenolic OH excluding ortho intramolecular Hbond substituents is 1. The van der Waals surface area contributed by atoms with Crippen LogP contribution in [0.3, 0.4) is 0 Å². The van der Waals surface area contributed by atoms with E-state index in [1.165, 1.54) is 29.5 Å². The maximum Gasteiger partial charge on any atom is 0.252 e. The first-order chi connectivity index (χ1) is 22.4. The molecule has 0 saturated carbocycles. The van der Waals surface area contributed by atoms with Gasteiger partial charge in [0.15, 0.2) is 0 Å². The zero-order chi connectivity index (χ0) is 32.7. The van der Waals surface area contributed by atoms with E-state index in [1.54, 1.807) is 18.2 Å². The van der Waals surface area contributed by atoms with E-state index in [-0.39, 0.29) is 23.7 Å². The Kier molecular flexibility index (Phi) is 12.8. The standard InChI is InChI=1S/C37H41N3O6/c1-3-33(28-7-5-4-6-8-28)36(29-10-14-31(41)15-11-29)30-12-16-32(17-13-30)45-22-20-40(2)19-21-44-23-24-46-39-26-27-9-18-35(42)34(25-27)37(38)43/h4-18,25-26,41-42H,3,19-24H2,1-2H3,(H2,38,43)/b36-33+,39-26+. The molecular weight excluding hydrogens is 582 g/mol. The van der Waals surface area contributed by atoms with Gasteiger partial charge >= 0.3 is 0 Å². The third kappa shape index (κ3) is 9.95. The fourth-order valence-electron chi connectivity index (χ4n) is 4.86. The molecule has 0 radical (unpaired) electrons. The average molecular weight is 624 g/mol. The highest BCUT2D eigenvalue weighted by Crippen LogP contribution is 2.35. The molecular formula is C37H41N3O6. The van der Waals surface area contributed by atoms with Gasteiger partial charge in [-0.05, 0) is 89.3 Å². The molecule has 0 unspecified atom stereocenters. The van der Waals surface area contributed by atoms with E-state index in [9.17, 15) is 15.0 Å². The summed E-state index contributed by atoms with van der Waals surface area (Å²) in [5, 5.41) is 23.4. The summed E-state index contributed by atoms with van der Waals surface area (Å²) < 4.78 is 11.7. The molecule has 4 aromatic rings. The van der Waals surface area contributed by atoms with Crippen molar-refractivity contribution in [3.63, 3.8) is 0 Å². The van der Waals surface area contributed by atoms with E-state index in [0.29, 0.717) is 25.4 Å². The van der Waals surface area contributed by atoms with Crippen molar-refractivity contribution in [2.75, 3.05) is 46.6 Å². The number of hydrogen-bond donors (Lipinski definition) is 3. The smallest absolute Gasteiger partial charge is 0.252 e. The van der Waals surface area contributed by atoms with E-state index in [1.807, 2.05) is 37.4 Å². The van der Waals surface area contributed by atoms with Gasteiger partial charge in [0.1, 0.15) is 30.5 Å². The Hall–Kier alpha value is -5.12. The topological polar surface area (TPSA) is 127 Å². The van der Waals surface area contributed by atoms with Crippen molar-refractivity contribution in [1.82, 2.24) is 4.90 Å². The van der Waals surface area contributed by atoms with Crippen molar-refractivity contribution in [3.05, 3.63) is 125 Å². The minimum atomic E-state index is -0.716. The van der Waals surface area contributed by atoms with Crippen LogP contribution in [-0.2, 0) is 9.57 Å². The van der Waals surface area contributed by atoms with Crippen molar-refractivity contribution in [2.24, 2.45) is 10.9 Å². The van der Waals surface area contributed by atoms with Crippen LogP contribution in [0, 0.1) is 0 Å². The Morgan fingerprint density at radius 1 is 0.826 bits per heavy atom. The van der Waals surface area contributed by atoms with Crippen LogP contribution in [0.15, 0.2) is 102 Å². The molecule has 0 aliphatic heterocycles. The molecule has 9 heteroatoms. The van der Waals surface area contributed by atoms with Gasteiger partial charge in [-0.3, -0.25) is 4.79 Å². The van der Waals surface area contributed by atoms with Crippen molar-refractivity contribution in [3.8, 4) is 17.2 Å². The molecule has 4 N–H and O–H groups in total. The Morgan fingerprint density at radius 3 is 2.17 bits per heavy atom. The summed E-state index contributed by atoms with van der Waals surface area (Å²) in [6.07, 6.45) is 2.29. The molecule has 0 atom stereocenters. The van der Waals surface area contributed by atoms with E-state index in [2.05, 4.69) is 53.4 Å². The highest BCUT2D eigenvalue weighted by molar-refractivity contribution is 5.99. The fraction of sp³-hybridized carbons (Fsp3) is 0.243. The number of aromatic hydroxyl groups is 2. The Labute approximate surface area is 270 Å². The normalized spacial score (nSPS) is 11.9. The maximum atomic E-state index is 11.3. The minimum Gasteiger partial charge on any atom is -0.508 e. The van der Waals surface area contributed by atoms with Crippen LogP contribution < -0.4 is 10.5 Å². The third-order valence-corrected chi connectivity index (χ3v) is 7.32. The van der Waals surface area contributed by atoms with Gasteiger partial charge in [-0.2, -0.15) is 0 Å². The zero-order valence-corrected chi connectivity index (χ0v) is 26.3. The molecule has 0 saturated heterocycles. The largest absolute Gasteiger partial charge is 0.508 e. The SMILES string of the molecule is CC/C(=C(/c1ccc(O)cc1)c1ccc(OCCN(C)CCOCCO/N=C/c2ccc(O)c(C(N)=O)c2)cc1)c1ccccc1. The number of amides is 1. The third-order valence-electron chi connectivity index (χ3n) is 7.32. The van der Waals surface area contributed by atoms with Gasteiger partial charge in [0.25, 0.3) is 5.91 Å². The van der Waals surface area contributed by atoms with Crippen LogP contribution in [0.1, 0.15) is 46.0 Å². The second-order valence-electron chi connectivity index (χ2n) is 10.6. The highest BCUT2D eigenvalue weighted by Gasteiger charge is 2.14. The van der Waals surface area contributed by atoms with E-state index in [0.717, 1.165) is 42.0 Å². The first kappa shape index (κ1) is 33.8. The van der Waals surface area contributed by atoms with Gasteiger partial charge in [0.05, 0.1) is 25.0 Å². The monoisotopic (exact) mass is 623 g/mol. The van der Waals surface area contributed by atoms with Crippen molar-refractivity contribution >= 4 is 23.3 Å². The van der Waals surface area contributed by atoms with Crippen LogP contribution in [0.4, 0.5) is 0 Å². The molecule has 4 aromatic carbocycles.